The molecule has 7 nitrogen and oxygen atoms in total. The Kier molecular flexibility index (Phi) is 2.96. The van der Waals surface area contributed by atoms with Crippen LogP contribution in [-0.2, 0) is 0 Å². The van der Waals surface area contributed by atoms with E-state index in [1.807, 2.05) is 0 Å². The first-order valence-corrected chi connectivity index (χ1v) is 16.6. The van der Waals surface area contributed by atoms with E-state index in [0.717, 1.165) is 0 Å². The zero-order chi connectivity index (χ0) is 64.4. The van der Waals surface area contributed by atoms with Gasteiger partial charge in [-0.3, -0.25) is 14.5 Å². The molecule has 0 bridgehead atoms. The average Bonchev–Trinajstić information content (AvgIpc) is 1.50. The predicted molar refractivity (Wildman–Crippen MR) is 232 cm³/mol. The summed E-state index contributed by atoms with van der Waals surface area (Å²) in [7, 11) is 0. The van der Waals surface area contributed by atoms with Gasteiger partial charge in [0.2, 0.25) is 0 Å². The van der Waals surface area contributed by atoms with E-state index < -0.39 is 293 Å². The molecule has 0 aliphatic heterocycles. The Morgan fingerprint density at radius 1 is 0.404 bits per heavy atom. The number of pyridine rings is 2. The van der Waals surface area contributed by atoms with Gasteiger partial charge in [0.05, 0.1) is 104 Å². The van der Waals surface area contributed by atoms with Crippen LogP contribution in [0.1, 0.15) is 42.5 Å². The van der Waals surface area contributed by atoms with Gasteiger partial charge >= 0.3 is 0 Å². The third-order valence-electron chi connectivity index (χ3n) is 9.10. The zero-order valence-electron chi connectivity index (χ0n) is 59.1. The number of nitrogens with zero attached hydrogens (tertiary/aromatic N) is 7. The van der Waals surface area contributed by atoms with Gasteiger partial charge in [0.1, 0.15) is 5.82 Å². The number of hydrogen-bond donors (Lipinski definition) is 0. The highest BCUT2D eigenvalue weighted by Crippen LogP contribution is 2.42. The van der Waals surface area contributed by atoms with Crippen molar-refractivity contribution in [3.8, 4) is 39.8 Å². The fourth-order valence-corrected chi connectivity index (χ4v) is 6.86. The van der Waals surface area contributed by atoms with Crippen LogP contribution in [-0.4, -0.2) is 33.6 Å². The number of fused-ring (bicyclic) bond motifs is 9. The molecule has 12 aromatic rings. The Bertz CT molecular complexity index is 5250. The Hall–Kier alpha value is -7.90. The Balaban J connectivity index is 1.46. The van der Waals surface area contributed by atoms with E-state index in [1.165, 1.54) is 0 Å². The quantitative estimate of drug-likeness (QED) is 0.175. The minimum absolute atomic E-state index is 0.592. The fourth-order valence-electron chi connectivity index (χ4n) is 6.86. The molecule has 0 spiro atoms. The zero-order valence-corrected chi connectivity index (χ0v) is 28.1. The molecule has 0 fully saturated rings. The summed E-state index contributed by atoms with van der Waals surface area (Å²) >= 11 is 0. The predicted octanol–water partition coefficient (Wildman–Crippen LogP) is 11.9. The fraction of sp³-hybridized carbons (Fsp3) is 0. The topological polar surface area (TPSA) is 66.3 Å². The third-order valence-corrected chi connectivity index (χ3v) is 9.10. The lowest BCUT2D eigenvalue weighted by atomic mass is 10.1. The molecule has 0 radical (unpaired) electrons. The van der Waals surface area contributed by atoms with Crippen LogP contribution in [0.3, 0.4) is 0 Å². The Morgan fingerprint density at radius 2 is 0.912 bits per heavy atom. The molecule has 0 amide bonds. The first-order valence-electron chi connectivity index (χ1n) is 32.1. The standard InChI is InChI=1S/C50H31N7/c1-2-15-32(16-3-1)50-53-38(31-46(54-50)56-39-22-8-4-17-33(39)34-18-5-9-23-40(34)56)35-21-12-26-45(55-41-24-10-6-19-36(41)47-43(55)27-13-29-51-47)49(35)57-42-25-11-7-20-37(42)48-44(57)28-14-30-52-48/h1-31H/i1D,2D,3D,4D,5D,6D,7D,8D,9D,10D,11D,12D,13D,14D,15D,16D,17D,18D,19D,20D,21D,22D,23D,24D,25D,26D,27D,28D,29D,30D,31D. The van der Waals surface area contributed by atoms with Crippen molar-refractivity contribution in [2.75, 3.05) is 0 Å². The summed E-state index contributed by atoms with van der Waals surface area (Å²) in [4.78, 5) is 17.4. The lowest BCUT2D eigenvalue weighted by Crippen LogP contribution is -2.07. The van der Waals surface area contributed by atoms with Crippen LogP contribution in [0.4, 0.5) is 0 Å². The minimum atomic E-state index is -1.25. The van der Waals surface area contributed by atoms with E-state index in [9.17, 15) is 19.2 Å². The summed E-state index contributed by atoms with van der Waals surface area (Å²) in [5, 5.41) is -2.41. The van der Waals surface area contributed by atoms with Gasteiger partial charge in [0, 0.05) is 51.1 Å². The summed E-state index contributed by atoms with van der Waals surface area (Å²) in [5.41, 5.74) is -10.9. The molecular weight excluding hydrogens is 699 g/mol. The van der Waals surface area contributed by atoms with Gasteiger partial charge < -0.3 is 9.13 Å². The second-order valence-electron chi connectivity index (χ2n) is 12.0. The smallest absolute Gasteiger partial charge is 0.162 e. The van der Waals surface area contributed by atoms with Crippen molar-refractivity contribution in [3.63, 3.8) is 0 Å². The van der Waals surface area contributed by atoms with Gasteiger partial charge in [-0.15, -0.1) is 0 Å². The molecule has 0 saturated heterocycles. The normalized spacial score (nSPS) is 19.5. The Labute approximate surface area is 369 Å². The highest BCUT2D eigenvalue weighted by Gasteiger charge is 2.25. The molecule has 0 N–H and O–H groups in total. The molecule has 6 aromatic heterocycles. The van der Waals surface area contributed by atoms with Crippen molar-refractivity contribution >= 4 is 65.7 Å². The van der Waals surface area contributed by atoms with Gasteiger partial charge in [-0.2, -0.15) is 0 Å². The number of rotatable bonds is 5. The molecule has 0 unspecified atom stereocenters. The van der Waals surface area contributed by atoms with Gasteiger partial charge in [-0.05, 0) is 54.4 Å². The summed E-state index contributed by atoms with van der Waals surface area (Å²) in [6, 6.07) is -29.2. The summed E-state index contributed by atoms with van der Waals surface area (Å²) in [6.45, 7) is 0. The maximum absolute atomic E-state index is 10.4. The molecule has 0 saturated carbocycles. The molecule has 0 atom stereocenters. The van der Waals surface area contributed by atoms with Crippen molar-refractivity contribution in [3.05, 3.63) is 188 Å². The molecule has 6 aromatic carbocycles. The molecule has 0 aliphatic rings. The van der Waals surface area contributed by atoms with E-state index in [4.69, 9.17) is 23.3 Å². The van der Waals surface area contributed by atoms with Crippen LogP contribution >= 0.6 is 0 Å². The maximum Gasteiger partial charge on any atom is 0.162 e. The van der Waals surface area contributed by atoms with Crippen LogP contribution in [0, 0.1) is 0 Å². The van der Waals surface area contributed by atoms with Crippen LogP contribution in [0.2, 0.25) is 0 Å². The number of aromatic nitrogens is 7. The first-order chi connectivity index (χ1) is 41.2. The maximum atomic E-state index is 10.4. The lowest BCUT2D eigenvalue weighted by Gasteiger charge is -2.21. The van der Waals surface area contributed by atoms with Crippen LogP contribution in [0.25, 0.3) is 106 Å². The Morgan fingerprint density at radius 3 is 1.54 bits per heavy atom. The van der Waals surface area contributed by atoms with Crippen molar-refractivity contribution in [2.45, 2.75) is 0 Å². The van der Waals surface area contributed by atoms with Gasteiger partial charge in [0.15, 0.2) is 5.82 Å². The molecule has 0 aliphatic carbocycles. The van der Waals surface area contributed by atoms with Crippen molar-refractivity contribution in [2.24, 2.45) is 0 Å². The van der Waals surface area contributed by atoms with Gasteiger partial charge in [-0.1, -0.05) is 115 Å². The van der Waals surface area contributed by atoms with E-state index in [2.05, 4.69) is 19.9 Å². The van der Waals surface area contributed by atoms with Crippen molar-refractivity contribution in [1.82, 2.24) is 33.6 Å². The van der Waals surface area contributed by atoms with Crippen molar-refractivity contribution < 1.29 is 42.5 Å². The summed E-state index contributed by atoms with van der Waals surface area (Å²) in [5.74, 6) is -2.09. The molecule has 266 valence electrons. The largest absolute Gasteiger partial charge is 0.305 e. The van der Waals surface area contributed by atoms with Crippen molar-refractivity contribution in [1.29, 1.82) is 0 Å². The van der Waals surface area contributed by atoms with E-state index in [-0.39, 0.29) is 0 Å². The molecule has 12 rings (SSSR count). The monoisotopic (exact) mass is 760 g/mol. The number of benzene rings is 6. The van der Waals surface area contributed by atoms with Gasteiger partial charge in [-0.25, -0.2) is 9.97 Å². The second kappa shape index (κ2) is 12.3. The van der Waals surface area contributed by atoms with Gasteiger partial charge in [0.25, 0.3) is 0 Å². The average molecular weight is 761 g/mol. The van der Waals surface area contributed by atoms with E-state index in [1.54, 1.807) is 0 Å². The lowest BCUT2D eigenvalue weighted by molar-refractivity contribution is 1.04. The molecule has 6 heterocycles. The second-order valence-corrected chi connectivity index (χ2v) is 12.0. The summed E-state index contributed by atoms with van der Waals surface area (Å²) < 4.78 is 285. The summed E-state index contributed by atoms with van der Waals surface area (Å²) in [6.07, 6.45) is -1.85. The van der Waals surface area contributed by atoms with E-state index >= 15 is 0 Å². The third kappa shape index (κ3) is 4.66. The molecule has 7 heteroatoms. The van der Waals surface area contributed by atoms with Crippen LogP contribution < -0.4 is 0 Å². The first kappa shape index (κ1) is 13.7. The van der Waals surface area contributed by atoms with Crippen LogP contribution in [0.5, 0.6) is 0 Å². The minimum Gasteiger partial charge on any atom is -0.305 e. The van der Waals surface area contributed by atoms with Crippen LogP contribution in [0.15, 0.2) is 188 Å². The van der Waals surface area contributed by atoms with E-state index in [0.29, 0.717) is 13.7 Å². The SMILES string of the molecule is [2H]c1nc2c3c([2H])c([2H])c([2H])c([2H])c3n(-c3c([2H])c([2H])c([2H])c(-c4nc(-c5c([2H])c([2H])c([2H])c([2H])c5[2H])nc(-n5c6c([2H])c([2H])c([2H])c([2H])c6c6c([2H])c([2H])c([2H])c([2H])c65)c4[2H])c3-n3c4c([2H])c([2H])c([2H])nc4c4c([2H])c([2H])c([2H])c([2H])c43)c2c([2H])c1[2H]. The highest BCUT2D eigenvalue weighted by atomic mass is 15.1. The number of hydrogen-bond acceptors (Lipinski definition) is 4. The number of para-hydroxylation sites is 5. The molecular formula is C50H31N7. The molecule has 57 heavy (non-hydrogen) atoms. The highest BCUT2D eigenvalue weighted by molar-refractivity contribution is 6.11.